The van der Waals surface area contributed by atoms with Gasteiger partial charge in [-0.1, -0.05) is 0 Å². The molecule has 2 N–H and O–H groups in total. The van der Waals surface area contributed by atoms with E-state index < -0.39 is 11.4 Å². The summed E-state index contributed by atoms with van der Waals surface area (Å²) in [6.07, 6.45) is 0.193. The van der Waals surface area contributed by atoms with Gasteiger partial charge in [-0.3, -0.25) is 4.79 Å². The molecule has 0 spiro atoms. The van der Waals surface area contributed by atoms with Crippen LogP contribution in [0.3, 0.4) is 0 Å². The summed E-state index contributed by atoms with van der Waals surface area (Å²) in [4.78, 5) is 13.4. The summed E-state index contributed by atoms with van der Waals surface area (Å²) in [7, 11) is 1.60. The van der Waals surface area contributed by atoms with Crippen LogP contribution in [0, 0.1) is 5.82 Å². The lowest BCUT2D eigenvalue weighted by Crippen LogP contribution is -2.39. The first-order valence-corrected chi connectivity index (χ1v) is 6.22. The predicted octanol–water partition coefficient (Wildman–Crippen LogP) is 2.31. The third-order valence-corrected chi connectivity index (χ3v) is 2.58. The molecule has 0 atom stereocenters. The van der Waals surface area contributed by atoms with E-state index in [0.717, 1.165) is 0 Å². The number of ether oxygens (including phenoxy) is 1. The number of nitrogens with two attached hydrogens (primary N) is 1. The minimum absolute atomic E-state index is 0.156. The molecule has 0 fully saturated rings. The van der Waals surface area contributed by atoms with Crippen molar-refractivity contribution in [3.8, 4) is 5.75 Å². The Hall–Kier alpha value is -1.62. The summed E-state index contributed by atoms with van der Waals surface area (Å²) in [5.41, 5.74) is 5.70. The van der Waals surface area contributed by atoms with Crippen molar-refractivity contribution in [3.63, 3.8) is 0 Å². The van der Waals surface area contributed by atoms with Crippen LogP contribution in [0.4, 0.5) is 10.1 Å². The van der Waals surface area contributed by atoms with Crippen molar-refractivity contribution in [1.29, 1.82) is 0 Å². The van der Waals surface area contributed by atoms with E-state index in [1.807, 2.05) is 0 Å². The summed E-state index contributed by atoms with van der Waals surface area (Å²) in [6, 6.07) is 4.45. The highest BCUT2D eigenvalue weighted by atomic mass is 19.1. The number of halogens is 1. The van der Waals surface area contributed by atoms with Crippen LogP contribution in [0.15, 0.2) is 18.2 Å². The smallest absolute Gasteiger partial charge is 0.228 e. The van der Waals surface area contributed by atoms with E-state index in [0.29, 0.717) is 12.3 Å². The second-order valence-corrected chi connectivity index (χ2v) is 5.17. The Morgan fingerprint density at radius 2 is 2.11 bits per heavy atom. The molecule has 19 heavy (non-hydrogen) atoms. The van der Waals surface area contributed by atoms with Gasteiger partial charge in [-0.2, -0.15) is 0 Å². The standard InChI is InChI=1S/C14H21FN2O2/c1-5-19-12-7-6-10(8-11(12)15)17(4)13(18)9-14(2,3)16/h6-8H,5,9,16H2,1-4H3. The van der Waals surface area contributed by atoms with Gasteiger partial charge in [0.05, 0.1) is 6.61 Å². The number of amides is 1. The largest absolute Gasteiger partial charge is 0.491 e. The summed E-state index contributed by atoms with van der Waals surface area (Å²) in [5.74, 6) is -0.451. The van der Waals surface area contributed by atoms with E-state index in [4.69, 9.17) is 10.5 Å². The third kappa shape index (κ3) is 4.52. The minimum Gasteiger partial charge on any atom is -0.491 e. The number of carbonyl (C=O) groups is 1. The van der Waals surface area contributed by atoms with Crippen molar-refractivity contribution in [2.45, 2.75) is 32.7 Å². The fraction of sp³-hybridized carbons (Fsp3) is 0.500. The van der Waals surface area contributed by atoms with Crippen molar-refractivity contribution in [1.82, 2.24) is 0 Å². The molecule has 0 aromatic heterocycles. The van der Waals surface area contributed by atoms with Crippen LogP contribution in [0.25, 0.3) is 0 Å². The SMILES string of the molecule is CCOc1ccc(N(C)C(=O)CC(C)(C)N)cc1F. The number of benzene rings is 1. The van der Waals surface area contributed by atoms with Gasteiger partial charge in [0.15, 0.2) is 11.6 Å². The molecule has 0 aliphatic heterocycles. The van der Waals surface area contributed by atoms with Gasteiger partial charge < -0.3 is 15.4 Å². The lowest BCUT2D eigenvalue weighted by molar-refractivity contribution is -0.119. The molecule has 0 saturated heterocycles. The van der Waals surface area contributed by atoms with Crippen LogP contribution in [-0.4, -0.2) is 25.1 Å². The molecule has 0 heterocycles. The van der Waals surface area contributed by atoms with Gasteiger partial charge in [0.2, 0.25) is 5.91 Å². The minimum atomic E-state index is -0.588. The Bertz CT molecular complexity index is 455. The summed E-state index contributed by atoms with van der Waals surface area (Å²) in [5, 5.41) is 0. The van der Waals surface area contributed by atoms with E-state index in [1.165, 1.54) is 17.0 Å². The molecular weight excluding hydrogens is 247 g/mol. The van der Waals surface area contributed by atoms with Crippen molar-refractivity contribution in [2.24, 2.45) is 5.73 Å². The number of rotatable bonds is 5. The van der Waals surface area contributed by atoms with Gasteiger partial charge in [0, 0.05) is 30.8 Å². The zero-order valence-electron chi connectivity index (χ0n) is 11.9. The Kier molecular flexibility index (Phi) is 4.89. The molecular formula is C14H21FN2O2. The summed E-state index contributed by atoms with van der Waals surface area (Å²) >= 11 is 0. The second-order valence-electron chi connectivity index (χ2n) is 5.17. The molecule has 5 heteroatoms. The van der Waals surface area contributed by atoms with Crippen LogP contribution in [0.1, 0.15) is 27.2 Å². The maximum Gasteiger partial charge on any atom is 0.228 e. The van der Waals surface area contributed by atoms with Crippen molar-refractivity contribution >= 4 is 11.6 Å². The molecule has 4 nitrogen and oxygen atoms in total. The van der Waals surface area contributed by atoms with Crippen LogP contribution in [-0.2, 0) is 4.79 Å². The molecule has 1 aromatic rings. The van der Waals surface area contributed by atoms with Crippen molar-refractivity contribution in [2.75, 3.05) is 18.6 Å². The zero-order valence-corrected chi connectivity index (χ0v) is 11.9. The van der Waals surface area contributed by atoms with Crippen LogP contribution >= 0.6 is 0 Å². The second kappa shape index (κ2) is 6.02. The van der Waals surface area contributed by atoms with E-state index in [9.17, 15) is 9.18 Å². The Morgan fingerprint density at radius 1 is 1.47 bits per heavy atom. The quantitative estimate of drug-likeness (QED) is 0.891. The highest BCUT2D eigenvalue weighted by Crippen LogP contribution is 2.24. The average Bonchev–Trinajstić information content (AvgIpc) is 2.29. The van der Waals surface area contributed by atoms with Crippen molar-refractivity contribution < 1.29 is 13.9 Å². The molecule has 0 bridgehead atoms. The van der Waals surface area contributed by atoms with E-state index in [2.05, 4.69) is 0 Å². The fourth-order valence-electron chi connectivity index (χ4n) is 1.62. The molecule has 0 aliphatic rings. The summed E-state index contributed by atoms with van der Waals surface area (Å²) < 4.78 is 18.8. The Balaban J connectivity index is 2.85. The first kappa shape index (κ1) is 15.4. The topological polar surface area (TPSA) is 55.6 Å². The summed E-state index contributed by atoms with van der Waals surface area (Å²) in [6.45, 7) is 5.73. The van der Waals surface area contributed by atoms with Gasteiger partial charge in [0.25, 0.3) is 0 Å². The molecule has 0 aliphatic carbocycles. The van der Waals surface area contributed by atoms with Crippen molar-refractivity contribution in [3.05, 3.63) is 24.0 Å². The number of hydrogen-bond acceptors (Lipinski definition) is 3. The molecule has 0 saturated carbocycles. The monoisotopic (exact) mass is 268 g/mol. The molecule has 0 radical (unpaired) electrons. The van der Waals surface area contributed by atoms with Gasteiger partial charge in [-0.05, 0) is 32.9 Å². The first-order valence-electron chi connectivity index (χ1n) is 6.22. The van der Waals surface area contributed by atoms with E-state index >= 15 is 0 Å². The highest BCUT2D eigenvalue weighted by Gasteiger charge is 2.20. The van der Waals surface area contributed by atoms with Gasteiger partial charge in [0.1, 0.15) is 0 Å². The van der Waals surface area contributed by atoms with Gasteiger partial charge >= 0.3 is 0 Å². The lowest BCUT2D eigenvalue weighted by atomic mass is 10.0. The van der Waals surface area contributed by atoms with Crippen LogP contribution in [0.2, 0.25) is 0 Å². The molecule has 1 aromatic carbocycles. The Labute approximate surface area is 113 Å². The van der Waals surface area contributed by atoms with Gasteiger partial charge in [-0.15, -0.1) is 0 Å². The highest BCUT2D eigenvalue weighted by molar-refractivity contribution is 5.93. The molecule has 106 valence electrons. The fourth-order valence-corrected chi connectivity index (χ4v) is 1.62. The molecule has 1 amide bonds. The number of nitrogens with zero attached hydrogens (tertiary/aromatic N) is 1. The van der Waals surface area contributed by atoms with Crippen LogP contribution < -0.4 is 15.4 Å². The zero-order chi connectivity index (χ0) is 14.6. The lowest BCUT2D eigenvalue weighted by Gasteiger charge is -2.23. The Morgan fingerprint density at radius 3 is 2.58 bits per heavy atom. The number of hydrogen-bond donors (Lipinski definition) is 1. The normalized spacial score (nSPS) is 11.3. The maximum atomic E-state index is 13.7. The average molecular weight is 268 g/mol. The van der Waals surface area contributed by atoms with Crippen LogP contribution in [0.5, 0.6) is 5.75 Å². The number of anilines is 1. The number of carbonyl (C=O) groups excluding carboxylic acids is 1. The van der Waals surface area contributed by atoms with Gasteiger partial charge in [-0.25, -0.2) is 4.39 Å². The third-order valence-electron chi connectivity index (χ3n) is 2.58. The molecule has 1 rings (SSSR count). The predicted molar refractivity (Wildman–Crippen MR) is 73.9 cm³/mol. The van der Waals surface area contributed by atoms with E-state index in [1.54, 1.807) is 33.9 Å². The molecule has 0 unspecified atom stereocenters. The van der Waals surface area contributed by atoms with E-state index in [-0.39, 0.29) is 18.1 Å². The maximum absolute atomic E-state index is 13.7. The first-order chi connectivity index (χ1) is 8.74.